The third kappa shape index (κ3) is 4.14. The molecule has 2 heterocycles. The number of rotatable bonds is 5. The van der Waals surface area contributed by atoms with E-state index in [1.54, 1.807) is 42.6 Å². The van der Waals surface area contributed by atoms with Gasteiger partial charge in [-0.15, -0.1) is 0 Å². The van der Waals surface area contributed by atoms with E-state index in [0.717, 1.165) is 19.4 Å². The van der Waals surface area contributed by atoms with E-state index in [1.165, 1.54) is 0 Å². The lowest BCUT2D eigenvalue weighted by atomic mass is 10.2. The Morgan fingerprint density at radius 1 is 1.21 bits per heavy atom. The van der Waals surface area contributed by atoms with Crippen LogP contribution < -0.4 is 15.6 Å². The smallest absolute Gasteiger partial charge is 0.286 e. The van der Waals surface area contributed by atoms with Crippen molar-refractivity contribution in [3.05, 3.63) is 53.9 Å². The predicted molar refractivity (Wildman–Crippen MR) is 86.6 cm³/mol. The highest BCUT2D eigenvalue weighted by Crippen LogP contribution is 2.17. The van der Waals surface area contributed by atoms with Crippen LogP contribution in [0.15, 0.2) is 42.6 Å². The van der Waals surface area contributed by atoms with Crippen LogP contribution in [0.5, 0.6) is 5.75 Å². The molecular formula is C17H19N3O4. The summed E-state index contributed by atoms with van der Waals surface area (Å²) in [5.74, 6) is -0.245. The molecule has 2 amide bonds. The molecule has 7 heteroatoms. The van der Waals surface area contributed by atoms with Crippen molar-refractivity contribution < 1.29 is 19.1 Å². The molecule has 0 radical (unpaired) electrons. The van der Waals surface area contributed by atoms with Gasteiger partial charge in [-0.3, -0.25) is 20.4 Å². The summed E-state index contributed by atoms with van der Waals surface area (Å²) in [5, 5.41) is 0. The van der Waals surface area contributed by atoms with Crippen molar-refractivity contribution >= 4 is 11.8 Å². The molecule has 1 aliphatic rings. The number of nitrogens with one attached hydrogen (secondary N) is 3. The fourth-order valence-electron chi connectivity index (χ4n) is 2.42. The zero-order valence-corrected chi connectivity index (χ0v) is 13.1. The number of hydrogen-bond acceptors (Lipinski definition) is 4. The van der Waals surface area contributed by atoms with Crippen LogP contribution in [0, 0.1) is 0 Å². The van der Waals surface area contributed by atoms with Gasteiger partial charge < -0.3 is 14.5 Å². The van der Waals surface area contributed by atoms with Gasteiger partial charge in [0.1, 0.15) is 18.1 Å². The normalized spacial score (nSPS) is 16.6. The van der Waals surface area contributed by atoms with E-state index in [2.05, 4.69) is 15.8 Å². The molecule has 1 atom stereocenters. The predicted octanol–water partition coefficient (Wildman–Crippen LogP) is 1.65. The summed E-state index contributed by atoms with van der Waals surface area (Å²) in [5.41, 5.74) is 5.48. The van der Waals surface area contributed by atoms with Gasteiger partial charge in [0.2, 0.25) is 0 Å². The van der Waals surface area contributed by atoms with Crippen molar-refractivity contribution in [3.8, 4) is 5.75 Å². The highest BCUT2D eigenvalue weighted by atomic mass is 16.5. The number of benzene rings is 1. The first-order chi connectivity index (χ1) is 11.7. The molecule has 3 N–H and O–H groups in total. The van der Waals surface area contributed by atoms with Crippen molar-refractivity contribution in [2.75, 3.05) is 13.2 Å². The lowest BCUT2D eigenvalue weighted by Gasteiger charge is -2.12. The van der Waals surface area contributed by atoms with Crippen LogP contribution in [0.2, 0.25) is 0 Å². The monoisotopic (exact) mass is 329 g/mol. The van der Waals surface area contributed by atoms with Gasteiger partial charge >= 0.3 is 0 Å². The standard InChI is InChI=1S/C17H19N3O4/c21-16(19-20-17(22)15-7-2-8-18-15)12-4-1-5-13(10-12)24-11-14-6-3-9-23-14/h1-2,4-5,7-8,10,14,18H,3,6,9,11H2,(H,19,21)(H,20,22). The first-order valence-corrected chi connectivity index (χ1v) is 7.81. The fourth-order valence-corrected chi connectivity index (χ4v) is 2.42. The number of ether oxygens (including phenoxy) is 2. The Kier molecular flexibility index (Phi) is 5.12. The lowest BCUT2D eigenvalue weighted by Crippen LogP contribution is -2.41. The van der Waals surface area contributed by atoms with Gasteiger partial charge in [0.25, 0.3) is 11.8 Å². The molecule has 1 unspecified atom stereocenters. The van der Waals surface area contributed by atoms with Gasteiger partial charge in [0.15, 0.2) is 0 Å². The zero-order valence-electron chi connectivity index (χ0n) is 13.1. The Morgan fingerprint density at radius 3 is 2.83 bits per heavy atom. The summed E-state index contributed by atoms with van der Waals surface area (Å²) in [6.45, 7) is 1.24. The first-order valence-electron chi connectivity index (χ1n) is 7.81. The molecule has 1 aliphatic heterocycles. The Bertz CT molecular complexity index is 694. The quantitative estimate of drug-likeness (QED) is 0.727. The number of hydrogen-bond donors (Lipinski definition) is 3. The van der Waals surface area contributed by atoms with Crippen molar-refractivity contribution in [1.82, 2.24) is 15.8 Å². The summed E-state index contributed by atoms with van der Waals surface area (Å²) < 4.78 is 11.2. The molecule has 1 saturated heterocycles. The van der Waals surface area contributed by atoms with E-state index in [1.807, 2.05) is 0 Å². The molecule has 24 heavy (non-hydrogen) atoms. The first kappa shape index (κ1) is 16.1. The average Bonchev–Trinajstić information content (AvgIpc) is 3.31. The highest BCUT2D eigenvalue weighted by Gasteiger charge is 2.16. The minimum Gasteiger partial charge on any atom is -0.491 e. The van der Waals surface area contributed by atoms with E-state index in [4.69, 9.17) is 9.47 Å². The molecule has 0 spiro atoms. The van der Waals surface area contributed by atoms with E-state index in [0.29, 0.717) is 23.6 Å². The van der Waals surface area contributed by atoms with E-state index < -0.39 is 11.8 Å². The van der Waals surface area contributed by atoms with Crippen LogP contribution in [0.3, 0.4) is 0 Å². The van der Waals surface area contributed by atoms with Crippen LogP contribution in [0.4, 0.5) is 0 Å². The third-order valence-electron chi connectivity index (χ3n) is 3.69. The van der Waals surface area contributed by atoms with Crippen molar-refractivity contribution in [3.63, 3.8) is 0 Å². The van der Waals surface area contributed by atoms with Crippen LogP contribution in [0.25, 0.3) is 0 Å². The molecule has 1 aromatic heterocycles. The lowest BCUT2D eigenvalue weighted by molar-refractivity contribution is 0.0679. The topological polar surface area (TPSA) is 92.5 Å². The Hall–Kier alpha value is -2.80. The number of aromatic nitrogens is 1. The summed E-state index contributed by atoms with van der Waals surface area (Å²) in [6.07, 6.45) is 3.79. The fraction of sp³-hybridized carbons (Fsp3) is 0.294. The van der Waals surface area contributed by atoms with Crippen LogP contribution in [0.1, 0.15) is 33.7 Å². The number of carbonyl (C=O) groups is 2. The summed E-state index contributed by atoms with van der Waals surface area (Å²) in [6, 6.07) is 10.1. The second-order valence-electron chi connectivity index (χ2n) is 5.47. The SMILES string of the molecule is O=C(NNC(=O)c1ccc[nH]1)c1cccc(OCC2CCCO2)c1. The van der Waals surface area contributed by atoms with Gasteiger partial charge in [0, 0.05) is 18.4 Å². The van der Waals surface area contributed by atoms with Crippen LogP contribution >= 0.6 is 0 Å². The molecule has 126 valence electrons. The van der Waals surface area contributed by atoms with Gasteiger partial charge in [-0.2, -0.15) is 0 Å². The maximum atomic E-state index is 12.1. The molecule has 0 aliphatic carbocycles. The largest absolute Gasteiger partial charge is 0.491 e. The number of H-pyrrole nitrogens is 1. The third-order valence-corrected chi connectivity index (χ3v) is 3.69. The molecule has 0 saturated carbocycles. The summed E-state index contributed by atoms with van der Waals surface area (Å²) in [4.78, 5) is 26.6. The maximum Gasteiger partial charge on any atom is 0.286 e. The van der Waals surface area contributed by atoms with E-state index in [9.17, 15) is 9.59 Å². The number of carbonyl (C=O) groups excluding carboxylic acids is 2. The van der Waals surface area contributed by atoms with Gasteiger partial charge in [-0.05, 0) is 43.2 Å². The average molecular weight is 329 g/mol. The molecule has 1 aromatic carbocycles. The zero-order chi connectivity index (χ0) is 16.8. The minimum absolute atomic E-state index is 0.113. The van der Waals surface area contributed by atoms with Crippen LogP contribution in [-0.2, 0) is 4.74 Å². The number of amides is 2. The molecule has 2 aromatic rings. The van der Waals surface area contributed by atoms with Gasteiger partial charge in [-0.1, -0.05) is 6.07 Å². The number of hydrazine groups is 1. The molecule has 7 nitrogen and oxygen atoms in total. The Morgan fingerprint density at radius 2 is 2.08 bits per heavy atom. The second-order valence-corrected chi connectivity index (χ2v) is 5.47. The molecule has 0 bridgehead atoms. The van der Waals surface area contributed by atoms with Crippen LogP contribution in [-0.4, -0.2) is 36.1 Å². The minimum atomic E-state index is -0.419. The molecule has 1 fully saturated rings. The summed E-state index contributed by atoms with van der Waals surface area (Å²) >= 11 is 0. The maximum absolute atomic E-state index is 12.1. The second kappa shape index (κ2) is 7.65. The van der Waals surface area contributed by atoms with Crippen molar-refractivity contribution in [2.45, 2.75) is 18.9 Å². The number of aromatic amines is 1. The Balaban J connectivity index is 1.52. The molecular weight excluding hydrogens is 310 g/mol. The van der Waals surface area contributed by atoms with Crippen molar-refractivity contribution in [1.29, 1.82) is 0 Å². The van der Waals surface area contributed by atoms with Crippen molar-refractivity contribution in [2.24, 2.45) is 0 Å². The van der Waals surface area contributed by atoms with E-state index >= 15 is 0 Å². The highest BCUT2D eigenvalue weighted by molar-refractivity contribution is 5.98. The van der Waals surface area contributed by atoms with Gasteiger partial charge in [-0.25, -0.2) is 0 Å². The Labute approximate surface area is 139 Å². The molecule has 3 rings (SSSR count). The van der Waals surface area contributed by atoms with E-state index in [-0.39, 0.29) is 6.10 Å². The van der Waals surface area contributed by atoms with Gasteiger partial charge in [0.05, 0.1) is 6.10 Å². The summed E-state index contributed by atoms with van der Waals surface area (Å²) in [7, 11) is 0.